The highest BCUT2D eigenvalue weighted by molar-refractivity contribution is 5.98. The number of amides is 1. The Kier molecular flexibility index (Phi) is 7.16. The number of aromatic nitrogens is 5. The molecule has 1 aliphatic heterocycles. The molecular formula is C24H26F3N7O2. The molecule has 36 heavy (non-hydrogen) atoms. The van der Waals surface area contributed by atoms with Crippen LogP contribution in [0.2, 0.25) is 0 Å². The molecule has 0 spiro atoms. The normalized spacial score (nSPS) is 20.3. The number of morpholine rings is 1. The Bertz CT molecular complexity index is 1240. The maximum atomic E-state index is 13.9. The van der Waals surface area contributed by atoms with Crippen LogP contribution in [0.4, 0.5) is 19.0 Å². The highest BCUT2D eigenvalue weighted by atomic mass is 19.4. The van der Waals surface area contributed by atoms with Gasteiger partial charge in [-0.25, -0.2) is 24.9 Å². The Morgan fingerprint density at radius 1 is 1.14 bits per heavy atom. The highest BCUT2D eigenvalue weighted by Gasteiger charge is 2.38. The van der Waals surface area contributed by atoms with Crippen LogP contribution in [0.3, 0.4) is 0 Å². The number of hydrogen-bond donors (Lipinski definition) is 1. The summed E-state index contributed by atoms with van der Waals surface area (Å²) in [7, 11) is 0. The molecule has 0 aromatic carbocycles. The van der Waals surface area contributed by atoms with Crippen molar-refractivity contribution in [3.63, 3.8) is 0 Å². The van der Waals surface area contributed by atoms with Crippen molar-refractivity contribution < 1.29 is 22.7 Å². The molecule has 1 aliphatic rings. The average Bonchev–Trinajstić information content (AvgIpc) is 2.83. The summed E-state index contributed by atoms with van der Waals surface area (Å²) in [6.45, 7) is 7.44. The van der Waals surface area contributed by atoms with Crippen LogP contribution in [0.15, 0.2) is 36.8 Å². The number of halogens is 3. The molecule has 3 aromatic rings. The summed E-state index contributed by atoms with van der Waals surface area (Å²) in [5.74, 6) is 0.270. The van der Waals surface area contributed by atoms with Crippen LogP contribution in [-0.4, -0.2) is 67.1 Å². The van der Waals surface area contributed by atoms with E-state index in [-0.39, 0.29) is 41.9 Å². The standard InChI is InChI=1S/C24H26F3N7O2/c1-13-6-7-17(22-28-8-5-9-29-22)20(32-13)23(35)34-12-14(2)36-16(4)18(34)10-30-21-15(3)33-19(11-31-21)24(25,26)27/h5-9,11,14,16,18H,10,12H2,1-4H3,(H,30,31)/t14-,16+,18-/m1/s1. The molecule has 3 atom stereocenters. The second-order valence-electron chi connectivity index (χ2n) is 8.67. The SMILES string of the molecule is Cc1ccc(-c2ncccn2)c(C(=O)N2C[C@@H](C)O[C@@H](C)[C@H]2CNc2ncc(C(F)(F)F)nc2C)n1. The number of anilines is 1. The molecule has 0 radical (unpaired) electrons. The van der Waals surface area contributed by atoms with Crippen molar-refractivity contribution in [1.29, 1.82) is 0 Å². The molecule has 4 rings (SSSR count). The van der Waals surface area contributed by atoms with Crippen molar-refractivity contribution in [2.75, 3.05) is 18.4 Å². The summed E-state index contributed by atoms with van der Waals surface area (Å²) < 4.78 is 44.8. The molecule has 1 fully saturated rings. The van der Waals surface area contributed by atoms with Crippen molar-refractivity contribution in [2.45, 2.75) is 52.1 Å². The largest absolute Gasteiger partial charge is 0.434 e. The van der Waals surface area contributed by atoms with Crippen LogP contribution >= 0.6 is 0 Å². The predicted octanol–water partition coefficient (Wildman–Crippen LogP) is 3.69. The van der Waals surface area contributed by atoms with E-state index in [1.54, 1.807) is 42.4 Å². The third-order valence-electron chi connectivity index (χ3n) is 5.86. The lowest BCUT2D eigenvalue weighted by Crippen LogP contribution is -2.58. The van der Waals surface area contributed by atoms with Gasteiger partial charge in [0.2, 0.25) is 0 Å². The molecule has 1 amide bonds. The van der Waals surface area contributed by atoms with Gasteiger partial charge in [-0.1, -0.05) is 0 Å². The minimum absolute atomic E-state index is 0.101. The van der Waals surface area contributed by atoms with E-state index in [0.717, 1.165) is 0 Å². The van der Waals surface area contributed by atoms with Crippen LogP contribution in [0.1, 0.15) is 41.4 Å². The lowest BCUT2D eigenvalue weighted by molar-refractivity contribution is -0.141. The second-order valence-corrected chi connectivity index (χ2v) is 8.67. The first kappa shape index (κ1) is 25.4. The van der Waals surface area contributed by atoms with Gasteiger partial charge in [-0.15, -0.1) is 0 Å². The Labute approximate surface area is 206 Å². The molecule has 3 aromatic heterocycles. The van der Waals surface area contributed by atoms with Gasteiger partial charge >= 0.3 is 6.18 Å². The summed E-state index contributed by atoms with van der Waals surface area (Å²) in [5.41, 5.74) is 0.431. The van der Waals surface area contributed by atoms with E-state index in [0.29, 0.717) is 29.8 Å². The molecular weight excluding hydrogens is 475 g/mol. The fourth-order valence-electron chi connectivity index (χ4n) is 4.14. The third kappa shape index (κ3) is 5.43. The Balaban J connectivity index is 1.62. The number of nitrogens with one attached hydrogen (secondary N) is 1. The topological polar surface area (TPSA) is 106 Å². The maximum Gasteiger partial charge on any atom is 0.434 e. The number of pyridine rings is 1. The number of nitrogens with zero attached hydrogens (tertiary/aromatic N) is 6. The number of hydrogen-bond acceptors (Lipinski definition) is 8. The third-order valence-corrected chi connectivity index (χ3v) is 5.86. The second kappa shape index (κ2) is 10.1. The summed E-state index contributed by atoms with van der Waals surface area (Å²) in [5, 5.41) is 3.04. The van der Waals surface area contributed by atoms with Gasteiger partial charge in [0.25, 0.3) is 5.91 Å². The van der Waals surface area contributed by atoms with E-state index < -0.39 is 17.9 Å². The fraction of sp³-hybridized carbons (Fsp3) is 0.417. The summed E-state index contributed by atoms with van der Waals surface area (Å²) >= 11 is 0. The van der Waals surface area contributed by atoms with Gasteiger partial charge in [-0.3, -0.25) is 4.79 Å². The van der Waals surface area contributed by atoms with Gasteiger partial charge in [0.1, 0.15) is 11.5 Å². The predicted molar refractivity (Wildman–Crippen MR) is 125 cm³/mol. The zero-order valence-electron chi connectivity index (χ0n) is 20.2. The van der Waals surface area contributed by atoms with E-state index in [1.807, 2.05) is 13.8 Å². The number of carbonyl (C=O) groups excluding carboxylic acids is 1. The van der Waals surface area contributed by atoms with Gasteiger partial charge in [-0.05, 0) is 45.9 Å². The summed E-state index contributed by atoms with van der Waals surface area (Å²) in [6.07, 6.45) is -1.31. The molecule has 0 aliphatic carbocycles. The highest BCUT2D eigenvalue weighted by Crippen LogP contribution is 2.29. The first-order valence-corrected chi connectivity index (χ1v) is 11.4. The molecule has 1 N–H and O–H groups in total. The van der Waals surface area contributed by atoms with Gasteiger partial charge in [0, 0.05) is 31.2 Å². The number of rotatable bonds is 5. The van der Waals surface area contributed by atoms with E-state index in [2.05, 4.69) is 30.2 Å². The monoisotopic (exact) mass is 501 g/mol. The van der Waals surface area contributed by atoms with Crippen molar-refractivity contribution in [2.24, 2.45) is 0 Å². The lowest BCUT2D eigenvalue weighted by Gasteiger charge is -2.43. The van der Waals surface area contributed by atoms with Crippen LogP contribution < -0.4 is 5.32 Å². The smallest absolute Gasteiger partial charge is 0.372 e. The quantitative estimate of drug-likeness (QED) is 0.564. The van der Waals surface area contributed by atoms with E-state index in [1.165, 1.54) is 6.92 Å². The lowest BCUT2D eigenvalue weighted by atomic mass is 10.0. The number of aryl methyl sites for hydroxylation is 2. The Morgan fingerprint density at radius 3 is 2.53 bits per heavy atom. The van der Waals surface area contributed by atoms with Crippen molar-refractivity contribution in [1.82, 2.24) is 29.8 Å². The van der Waals surface area contributed by atoms with E-state index in [4.69, 9.17) is 4.74 Å². The van der Waals surface area contributed by atoms with Gasteiger partial charge < -0.3 is 15.0 Å². The minimum atomic E-state index is -4.58. The Hall–Kier alpha value is -3.67. The summed E-state index contributed by atoms with van der Waals surface area (Å²) in [6, 6.07) is 4.79. The van der Waals surface area contributed by atoms with Crippen LogP contribution in [0, 0.1) is 13.8 Å². The summed E-state index contributed by atoms with van der Waals surface area (Å²) in [4.78, 5) is 36.1. The molecule has 1 saturated heterocycles. The zero-order valence-corrected chi connectivity index (χ0v) is 20.2. The molecule has 0 bridgehead atoms. The van der Waals surface area contributed by atoms with Gasteiger partial charge in [0.15, 0.2) is 11.5 Å². The number of alkyl halides is 3. The molecule has 0 saturated carbocycles. The van der Waals surface area contributed by atoms with Crippen LogP contribution in [0.25, 0.3) is 11.4 Å². The molecule has 12 heteroatoms. The number of carbonyl (C=O) groups is 1. The molecule has 0 unspecified atom stereocenters. The van der Waals surface area contributed by atoms with Crippen molar-refractivity contribution >= 4 is 11.7 Å². The molecule has 9 nitrogen and oxygen atoms in total. The van der Waals surface area contributed by atoms with Crippen molar-refractivity contribution in [3.05, 3.63) is 59.6 Å². The Morgan fingerprint density at radius 2 is 1.86 bits per heavy atom. The van der Waals surface area contributed by atoms with E-state index in [9.17, 15) is 18.0 Å². The van der Waals surface area contributed by atoms with Crippen LogP contribution in [0.5, 0.6) is 0 Å². The van der Waals surface area contributed by atoms with E-state index >= 15 is 0 Å². The van der Waals surface area contributed by atoms with Gasteiger partial charge in [0.05, 0.1) is 35.7 Å². The fourth-order valence-corrected chi connectivity index (χ4v) is 4.14. The minimum Gasteiger partial charge on any atom is -0.372 e. The molecule has 4 heterocycles. The zero-order chi connectivity index (χ0) is 26.0. The maximum absolute atomic E-state index is 13.9. The average molecular weight is 502 g/mol. The van der Waals surface area contributed by atoms with Crippen LogP contribution in [-0.2, 0) is 10.9 Å². The number of ether oxygens (including phenoxy) is 1. The first-order valence-electron chi connectivity index (χ1n) is 11.4. The van der Waals surface area contributed by atoms with Crippen molar-refractivity contribution in [3.8, 4) is 11.4 Å². The molecule has 190 valence electrons. The first-order chi connectivity index (χ1) is 17.0. The van der Waals surface area contributed by atoms with Gasteiger partial charge in [-0.2, -0.15) is 13.2 Å².